The summed E-state index contributed by atoms with van der Waals surface area (Å²) in [6.45, 7) is 4.00. The maximum absolute atomic E-state index is 11.1. The second kappa shape index (κ2) is 5.25. The average Bonchev–Trinajstić information content (AvgIpc) is 3.22. The lowest BCUT2D eigenvalue weighted by Crippen LogP contribution is -2.09. The van der Waals surface area contributed by atoms with Crippen LogP contribution in [0.4, 0.5) is 0 Å². The van der Waals surface area contributed by atoms with E-state index in [4.69, 9.17) is 9.84 Å². The minimum Gasteiger partial charge on any atom is -0.478 e. The van der Waals surface area contributed by atoms with Crippen LogP contribution in [0.5, 0.6) is 0 Å². The van der Waals surface area contributed by atoms with Crippen molar-refractivity contribution < 1.29 is 14.6 Å². The number of benzene rings is 1. The van der Waals surface area contributed by atoms with Gasteiger partial charge in [0, 0.05) is 19.1 Å². The zero-order chi connectivity index (χ0) is 14.1. The Kier molecular flexibility index (Phi) is 3.44. The Hall–Kier alpha value is -1.88. The van der Waals surface area contributed by atoms with Crippen LogP contribution >= 0.6 is 0 Å². The van der Waals surface area contributed by atoms with Crippen LogP contribution < -0.4 is 0 Å². The second-order valence-electron chi connectivity index (χ2n) is 5.10. The highest BCUT2D eigenvalue weighted by Crippen LogP contribution is 2.40. The van der Waals surface area contributed by atoms with E-state index in [9.17, 15) is 4.79 Å². The SMILES string of the molecule is CCOCCn1c(C2CC2)nc2ccc(C(=O)O)cc21. The van der Waals surface area contributed by atoms with E-state index in [2.05, 4.69) is 9.55 Å². The summed E-state index contributed by atoms with van der Waals surface area (Å²) in [4.78, 5) is 15.8. The van der Waals surface area contributed by atoms with Crippen molar-refractivity contribution in [1.82, 2.24) is 9.55 Å². The van der Waals surface area contributed by atoms with E-state index in [0.29, 0.717) is 24.7 Å². The summed E-state index contributed by atoms with van der Waals surface area (Å²) in [5.74, 6) is 0.692. The molecular formula is C15H18N2O3. The second-order valence-corrected chi connectivity index (χ2v) is 5.10. The van der Waals surface area contributed by atoms with Crippen LogP contribution in [0.3, 0.4) is 0 Å². The lowest BCUT2D eigenvalue weighted by atomic mass is 10.2. The highest BCUT2D eigenvalue weighted by molar-refractivity contribution is 5.92. The van der Waals surface area contributed by atoms with Crippen molar-refractivity contribution in [3.8, 4) is 0 Å². The first-order chi connectivity index (χ1) is 9.70. The number of carboxylic acid groups (broad SMARTS) is 1. The Bertz CT molecular complexity index is 644. The molecule has 1 heterocycles. The number of imidazole rings is 1. The minimum absolute atomic E-state index is 0.303. The van der Waals surface area contributed by atoms with Gasteiger partial charge < -0.3 is 14.4 Å². The van der Waals surface area contributed by atoms with Gasteiger partial charge in [-0.3, -0.25) is 0 Å². The molecule has 1 N–H and O–H groups in total. The number of nitrogens with zero attached hydrogens (tertiary/aromatic N) is 2. The normalized spacial score (nSPS) is 14.8. The predicted octanol–water partition coefficient (Wildman–Crippen LogP) is 2.65. The van der Waals surface area contributed by atoms with E-state index in [1.54, 1.807) is 18.2 Å². The first-order valence-corrected chi connectivity index (χ1v) is 7.02. The largest absolute Gasteiger partial charge is 0.478 e. The number of ether oxygens (including phenoxy) is 1. The molecule has 106 valence electrons. The summed E-state index contributed by atoms with van der Waals surface area (Å²) in [6.07, 6.45) is 2.34. The van der Waals surface area contributed by atoms with Gasteiger partial charge in [0.15, 0.2) is 0 Å². The van der Waals surface area contributed by atoms with Crippen LogP contribution in [0, 0.1) is 0 Å². The number of fused-ring (bicyclic) bond motifs is 1. The monoisotopic (exact) mass is 274 g/mol. The van der Waals surface area contributed by atoms with E-state index in [0.717, 1.165) is 23.4 Å². The van der Waals surface area contributed by atoms with Crippen LogP contribution in [0.15, 0.2) is 18.2 Å². The fourth-order valence-electron chi connectivity index (χ4n) is 2.46. The molecule has 1 aromatic carbocycles. The highest BCUT2D eigenvalue weighted by Gasteiger charge is 2.29. The third-order valence-corrected chi connectivity index (χ3v) is 3.63. The third-order valence-electron chi connectivity index (χ3n) is 3.63. The van der Waals surface area contributed by atoms with Crippen LogP contribution in [-0.4, -0.2) is 33.8 Å². The zero-order valence-corrected chi connectivity index (χ0v) is 11.5. The van der Waals surface area contributed by atoms with Crippen molar-refractivity contribution >= 4 is 17.0 Å². The van der Waals surface area contributed by atoms with Gasteiger partial charge in [0.2, 0.25) is 0 Å². The fraction of sp³-hybridized carbons (Fsp3) is 0.467. The van der Waals surface area contributed by atoms with Gasteiger partial charge in [-0.25, -0.2) is 9.78 Å². The van der Waals surface area contributed by atoms with Gasteiger partial charge in [0.25, 0.3) is 0 Å². The molecular weight excluding hydrogens is 256 g/mol. The average molecular weight is 274 g/mol. The summed E-state index contributed by atoms with van der Waals surface area (Å²) in [7, 11) is 0. The Balaban J connectivity index is 2.03. The maximum atomic E-state index is 11.1. The molecule has 0 spiro atoms. The molecule has 0 bridgehead atoms. The molecule has 1 aromatic heterocycles. The number of carbonyl (C=O) groups is 1. The number of aromatic nitrogens is 2. The number of rotatable bonds is 6. The topological polar surface area (TPSA) is 64.4 Å². The summed E-state index contributed by atoms with van der Waals surface area (Å²) in [6, 6.07) is 5.12. The van der Waals surface area contributed by atoms with Crippen LogP contribution in [0.2, 0.25) is 0 Å². The number of hydrogen-bond acceptors (Lipinski definition) is 3. The van der Waals surface area contributed by atoms with Gasteiger partial charge in [0.1, 0.15) is 5.82 Å². The molecule has 0 atom stereocenters. The lowest BCUT2D eigenvalue weighted by molar-refractivity contribution is 0.0697. The van der Waals surface area contributed by atoms with Gasteiger partial charge >= 0.3 is 5.97 Å². The van der Waals surface area contributed by atoms with Gasteiger partial charge in [-0.15, -0.1) is 0 Å². The zero-order valence-electron chi connectivity index (χ0n) is 11.5. The van der Waals surface area contributed by atoms with E-state index in [-0.39, 0.29) is 0 Å². The molecule has 3 rings (SSSR count). The van der Waals surface area contributed by atoms with Crippen molar-refractivity contribution in [1.29, 1.82) is 0 Å². The van der Waals surface area contributed by atoms with E-state index < -0.39 is 5.97 Å². The predicted molar refractivity (Wildman–Crippen MR) is 75.2 cm³/mol. The summed E-state index contributed by atoms with van der Waals surface area (Å²) >= 11 is 0. The van der Waals surface area contributed by atoms with Gasteiger partial charge in [0.05, 0.1) is 23.2 Å². The Morgan fingerprint density at radius 3 is 2.95 bits per heavy atom. The molecule has 1 fully saturated rings. The van der Waals surface area contributed by atoms with Crippen molar-refractivity contribution in [2.45, 2.75) is 32.2 Å². The Labute approximate surface area is 117 Å². The minimum atomic E-state index is -0.905. The van der Waals surface area contributed by atoms with Crippen molar-refractivity contribution in [3.05, 3.63) is 29.6 Å². The first-order valence-electron chi connectivity index (χ1n) is 7.02. The molecule has 0 saturated heterocycles. The first kappa shape index (κ1) is 13.1. The molecule has 5 nitrogen and oxygen atoms in total. The lowest BCUT2D eigenvalue weighted by Gasteiger charge is -2.08. The maximum Gasteiger partial charge on any atom is 0.335 e. The summed E-state index contributed by atoms with van der Waals surface area (Å²) in [5, 5.41) is 9.12. The summed E-state index contributed by atoms with van der Waals surface area (Å²) < 4.78 is 7.54. The van der Waals surface area contributed by atoms with Gasteiger partial charge in [-0.1, -0.05) is 0 Å². The highest BCUT2D eigenvalue weighted by atomic mass is 16.5. The van der Waals surface area contributed by atoms with Crippen molar-refractivity contribution in [2.75, 3.05) is 13.2 Å². The molecule has 1 aliphatic carbocycles. The van der Waals surface area contributed by atoms with Crippen molar-refractivity contribution in [2.24, 2.45) is 0 Å². The van der Waals surface area contributed by atoms with Crippen molar-refractivity contribution in [3.63, 3.8) is 0 Å². The van der Waals surface area contributed by atoms with Crippen LogP contribution in [0.25, 0.3) is 11.0 Å². The van der Waals surface area contributed by atoms with Gasteiger partial charge in [-0.05, 0) is 38.0 Å². The molecule has 20 heavy (non-hydrogen) atoms. The number of aromatic carboxylic acids is 1. The van der Waals surface area contributed by atoms with E-state index >= 15 is 0 Å². The smallest absolute Gasteiger partial charge is 0.335 e. The standard InChI is InChI=1S/C15H18N2O3/c1-2-20-8-7-17-13-9-11(15(18)19)5-6-12(13)16-14(17)10-3-4-10/h5-6,9-10H,2-4,7-8H2,1H3,(H,18,19). The van der Waals surface area contributed by atoms with E-state index in [1.165, 1.54) is 12.8 Å². The molecule has 0 unspecified atom stereocenters. The molecule has 2 aromatic rings. The number of carboxylic acids is 1. The Morgan fingerprint density at radius 1 is 1.50 bits per heavy atom. The van der Waals surface area contributed by atoms with Crippen LogP contribution in [-0.2, 0) is 11.3 Å². The quantitative estimate of drug-likeness (QED) is 0.822. The molecule has 1 saturated carbocycles. The Morgan fingerprint density at radius 2 is 2.30 bits per heavy atom. The molecule has 0 aliphatic heterocycles. The molecule has 0 amide bonds. The van der Waals surface area contributed by atoms with Crippen LogP contribution in [0.1, 0.15) is 41.9 Å². The van der Waals surface area contributed by atoms with E-state index in [1.807, 2.05) is 6.92 Å². The molecule has 5 heteroatoms. The summed E-state index contributed by atoms with van der Waals surface area (Å²) in [5.41, 5.74) is 2.07. The number of hydrogen-bond donors (Lipinski definition) is 1. The third kappa shape index (κ3) is 2.41. The molecule has 0 radical (unpaired) electrons. The molecule has 1 aliphatic rings. The fourth-order valence-corrected chi connectivity index (χ4v) is 2.46. The van der Waals surface area contributed by atoms with Gasteiger partial charge in [-0.2, -0.15) is 0 Å².